The number of halogens is 2. The third-order valence-electron chi connectivity index (χ3n) is 5.72. The Balaban J connectivity index is 1.36. The van der Waals surface area contributed by atoms with E-state index in [2.05, 4.69) is 40.1 Å². The number of methoxy groups -OCH3 is 1. The van der Waals surface area contributed by atoms with Crippen LogP contribution in [0.25, 0.3) is 0 Å². The second kappa shape index (κ2) is 11.2. The van der Waals surface area contributed by atoms with Crippen molar-refractivity contribution in [1.82, 2.24) is 9.80 Å². The van der Waals surface area contributed by atoms with Crippen LogP contribution in [0.2, 0.25) is 10.0 Å². The number of hydrogen-bond acceptors (Lipinski definition) is 4. The first-order valence-electron chi connectivity index (χ1n) is 10.8. The van der Waals surface area contributed by atoms with Crippen LogP contribution in [-0.2, 0) is 13.2 Å². The fourth-order valence-corrected chi connectivity index (χ4v) is 4.62. The van der Waals surface area contributed by atoms with Crippen LogP contribution >= 0.6 is 35.4 Å². The predicted molar refractivity (Wildman–Crippen MR) is 139 cm³/mol. The Morgan fingerprint density at radius 2 is 1.67 bits per heavy atom. The molecule has 0 unspecified atom stereocenters. The first-order valence-corrected chi connectivity index (χ1v) is 12.0. The molecule has 0 radical (unpaired) electrons. The molecular weight excluding hydrogens is 475 g/mol. The highest BCUT2D eigenvalue weighted by Gasteiger charge is 2.21. The molecule has 0 saturated carbocycles. The van der Waals surface area contributed by atoms with Crippen molar-refractivity contribution >= 4 is 40.4 Å². The summed E-state index contributed by atoms with van der Waals surface area (Å²) in [6.45, 7) is 5.06. The van der Waals surface area contributed by atoms with Gasteiger partial charge >= 0.3 is 0 Å². The summed E-state index contributed by atoms with van der Waals surface area (Å²) in [5.74, 6) is 1.28. The fourth-order valence-electron chi connectivity index (χ4n) is 3.85. The number of piperazine rings is 1. The lowest BCUT2D eigenvalue weighted by Crippen LogP contribution is -2.48. The summed E-state index contributed by atoms with van der Waals surface area (Å²) >= 11 is 18.0. The summed E-state index contributed by atoms with van der Waals surface area (Å²) in [5, 5.41) is 1.17. The lowest BCUT2D eigenvalue weighted by Gasteiger charge is -2.36. The van der Waals surface area contributed by atoms with E-state index in [0.29, 0.717) is 28.2 Å². The monoisotopic (exact) mass is 500 g/mol. The molecule has 0 spiro atoms. The maximum absolute atomic E-state index is 6.26. The van der Waals surface area contributed by atoms with Crippen molar-refractivity contribution in [1.29, 1.82) is 0 Å². The Morgan fingerprint density at radius 3 is 2.36 bits per heavy atom. The quantitative estimate of drug-likeness (QED) is 0.366. The number of ether oxygens (including phenoxy) is 2. The maximum Gasteiger partial charge on any atom is 0.161 e. The highest BCUT2D eigenvalue weighted by atomic mass is 35.5. The van der Waals surface area contributed by atoms with Gasteiger partial charge in [-0.3, -0.25) is 4.90 Å². The minimum Gasteiger partial charge on any atom is -0.493 e. The van der Waals surface area contributed by atoms with Gasteiger partial charge in [0.1, 0.15) is 11.6 Å². The number of rotatable bonds is 7. The lowest BCUT2D eigenvalue weighted by molar-refractivity contribution is 0.177. The molecule has 0 aliphatic carbocycles. The minimum absolute atomic E-state index is 0.319. The zero-order valence-corrected chi connectivity index (χ0v) is 20.8. The molecule has 3 aromatic carbocycles. The average molecular weight is 501 g/mol. The van der Waals surface area contributed by atoms with E-state index >= 15 is 0 Å². The van der Waals surface area contributed by atoms with Crippen LogP contribution in [0.15, 0.2) is 66.7 Å². The molecule has 0 N–H and O–H groups in total. The first-order chi connectivity index (χ1) is 16.0. The molecular formula is C26H26Cl2N2O2S. The van der Waals surface area contributed by atoms with Gasteiger partial charge in [0.05, 0.1) is 7.11 Å². The summed E-state index contributed by atoms with van der Waals surface area (Å²) in [7, 11) is 1.63. The molecule has 172 valence electrons. The molecule has 4 nitrogen and oxygen atoms in total. The molecule has 1 aliphatic heterocycles. The number of thiocarbonyl (C=S) groups is 1. The fraction of sp³-hybridized carbons (Fsp3) is 0.269. The van der Waals surface area contributed by atoms with Gasteiger partial charge in [0.15, 0.2) is 11.5 Å². The third-order valence-corrected chi connectivity index (χ3v) is 6.80. The SMILES string of the molecule is COc1cc(C(=S)N2CCN(Cc3ccccc3)CC2)ccc1OCc1ccc(Cl)cc1Cl. The van der Waals surface area contributed by atoms with Crippen LogP contribution < -0.4 is 9.47 Å². The maximum atomic E-state index is 6.26. The molecule has 0 aromatic heterocycles. The van der Waals surface area contributed by atoms with Crippen molar-refractivity contribution in [3.8, 4) is 11.5 Å². The second-order valence-corrected chi connectivity index (χ2v) is 9.17. The number of benzene rings is 3. The molecule has 3 aromatic rings. The summed E-state index contributed by atoms with van der Waals surface area (Å²) in [6.07, 6.45) is 0. The van der Waals surface area contributed by atoms with Gasteiger partial charge in [0, 0.05) is 53.9 Å². The molecule has 0 amide bonds. The second-order valence-electron chi connectivity index (χ2n) is 7.94. The van der Waals surface area contributed by atoms with Crippen molar-refractivity contribution < 1.29 is 9.47 Å². The van der Waals surface area contributed by atoms with Gasteiger partial charge in [0.25, 0.3) is 0 Å². The van der Waals surface area contributed by atoms with Crippen LogP contribution in [-0.4, -0.2) is 48.1 Å². The van der Waals surface area contributed by atoms with Gasteiger partial charge in [-0.25, -0.2) is 0 Å². The van der Waals surface area contributed by atoms with E-state index in [4.69, 9.17) is 44.9 Å². The summed E-state index contributed by atoms with van der Waals surface area (Å²) in [4.78, 5) is 5.56. The van der Waals surface area contributed by atoms with E-state index in [1.54, 1.807) is 19.2 Å². The van der Waals surface area contributed by atoms with Crippen LogP contribution in [0.1, 0.15) is 16.7 Å². The molecule has 4 rings (SSSR count). The molecule has 1 fully saturated rings. The van der Waals surface area contributed by atoms with Crippen molar-refractivity contribution in [3.05, 3.63) is 93.5 Å². The molecule has 0 bridgehead atoms. The Kier molecular flexibility index (Phi) is 8.10. The standard InChI is InChI=1S/C26H26Cl2N2O2S/c1-31-25-15-20(8-10-24(25)32-18-21-7-9-22(27)16-23(21)28)26(33)30-13-11-29(12-14-30)17-19-5-3-2-4-6-19/h2-10,15-16H,11-14,17-18H2,1H3. The predicted octanol–water partition coefficient (Wildman–Crippen LogP) is 6.07. The van der Waals surface area contributed by atoms with Gasteiger partial charge in [-0.05, 0) is 35.9 Å². The summed E-state index contributed by atoms with van der Waals surface area (Å²) in [6, 6.07) is 21.8. The lowest BCUT2D eigenvalue weighted by atomic mass is 10.1. The average Bonchev–Trinajstić information content (AvgIpc) is 2.84. The molecule has 0 atom stereocenters. The normalized spacial score (nSPS) is 14.2. The van der Waals surface area contributed by atoms with Gasteiger partial charge in [-0.1, -0.05) is 71.8 Å². The van der Waals surface area contributed by atoms with Gasteiger partial charge in [-0.15, -0.1) is 0 Å². The molecule has 33 heavy (non-hydrogen) atoms. The topological polar surface area (TPSA) is 24.9 Å². The van der Waals surface area contributed by atoms with Crippen molar-refractivity contribution in [2.75, 3.05) is 33.3 Å². The van der Waals surface area contributed by atoms with Crippen molar-refractivity contribution in [3.63, 3.8) is 0 Å². The van der Waals surface area contributed by atoms with Gasteiger partial charge in [0.2, 0.25) is 0 Å². The van der Waals surface area contributed by atoms with E-state index in [1.807, 2.05) is 24.3 Å². The van der Waals surface area contributed by atoms with Crippen LogP contribution in [0.3, 0.4) is 0 Å². The van der Waals surface area contributed by atoms with Crippen molar-refractivity contribution in [2.24, 2.45) is 0 Å². The number of nitrogens with zero attached hydrogens (tertiary/aromatic N) is 2. The van der Waals surface area contributed by atoms with E-state index in [-0.39, 0.29) is 0 Å². The van der Waals surface area contributed by atoms with E-state index in [0.717, 1.165) is 48.8 Å². The Bertz CT molecular complexity index is 1100. The van der Waals surface area contributed by atoms with Crippen LogP contribution in [0, 0.1) is 0 Å². The minimum atomic E-state index is 0.319. The molecule has 1 saturated heterocycles. The number of hydrogen-bond donors (Lipinski definition) is 0. The van der Waals surface area contributed by atoms with E-state index in [1.165, 1.54) is 5.56 Å². The van der Waals surface area contributed by atoms with Crippen LogP contribution in [0.5, 0.6) is 11.5 Å². The molecule has 1 heterocycles. The highest BCUT2D eigenvalue weighted by molar-refractivity contribution is 7.80. The summed E-state index contributed by atoms with van der Waals surface area (Å²) in [5.41, 5.74) is 3.15. The Labute approximate surface area is 210 Å². The largest absolute Gasteiger partial charge is 0.493 e. The molecule has 7 heteroatoms. The van der Waals surface area contributed by atoms with Gasteiger partial charge in [-0.2, -0.15) is 0 Å². The Morgan fingerprint density at radius 1 is 0.909 bits per heavy atom. The highest BCUT2D eigenvalue weighted by Crippen LogP contribution is 2.31. The van der Waals surface area contributed by atoms with E-state index in [9.17, 15) is 0 Å². The smallest absolute Gasteiger partial charge is 0.161 e. The Hall–Kier alpha value is -2.31. The van der Waals surface area contributed by atoms with Crippen LogP contribution in [0.4, 0.5) is 0 Å². The van der Waals surface area contributed by atoms with Gasteiger partial charge < -0.3 is 14.4 Å². The zero-order chi connectivity index (χ0) is 23.2. The van der Waals surface area contributed by atoms with Crippen molar-refractivity contribution in [2.45, 2.75) is 13.2 Å². The zero-order valence-electron chi connectivity index (χ0n) is 18.5. The van der Waals surface area contributed by atoms with E-state index < -0.39 is 0 Å². The third kappa shape index (κ3) is 6.18. The summed E-state index contributed by atoms with van der Waals surface area (Å²) < 4.78 is 11.5. The molecule has 1 aliphatic rings. The first kappa shape index (κ1) is 23.8.